The highest BCUT2D eigenvalue weighted by Gasteiger charge is 2.32. The molecule has 1 unspecified atom stereocenters. The molecule has 3 heterocycles. The number of sulfone groups is 1. The molecule has 0 aliphatic carbocycles. The second-order valence-corrected chi connectivity index (χ2v) is 8.04. The van der Waals surface area contributed by atoms with Gasteiger partial charge in [0.15, 0.2) is 9.84 Å². The molecule has 0 aromatic carbocycles. The zero-order valence-corrected chi connectivity index (χ0v) is 14.1. The van der Waals surface area contributed by atoms with Gasteiger partial charge in [0.25, 0.3) is 0 Å². The molecule has 1 aliphatic heterocycles. The highest BCUT2D eigenvalue weighted by atomic mass is 32.2. The summed E-state index contributed by atoms with van der Waals surface area (Å²) in [4.78, 5) is 21.9. The molecule has 1 fully saturated rings. The van der Waals surface area contributed by atoms with Crippen LogP contribution in [0, 0.1) is 0 Å². The van der Waals surface area contributed by atoms with Gasteiger partial charge < -0.3 is 9.42 Å². The molecule has 2 aromatic heterocycles. The molecule has 1 aliphatic rings. The molecule has 0 radical (unpaired) electrons. The van der Waals surface area contributed by atoms with Crippen molar-refractivity contribution in [3.05, 3.63) is 30.4 Å². The largest absolute Gasteiger partial charge is 0.342 e. The molecule has 1 saturated heterocycles. The number of aromatic nitrogens is 3. The summed E-state index contributed by atoms with van der Waals surface area (Å²) < 4.78 is 28.2. The van der Waals surface area contributed by atoms with Crippen molar-refractivity contribution in [2.24, 2.45) is 0 Å². The highest BCUT2D eigenvalue weighted by Crippen LogP contribution is 2.18. The summed E-state index contributed by atoms with van der Waals surface area (Å²) >= 11 is 0. The van der Waals surface area contributed by atoms with Gasteiger partial charge in [0.2, 0.25) is 17.6 Å². The standard InChI is InChI=1S/C15H18N4O4S/c1-19(12-6-9-24(21,22)10-12)14(20)3-2-13-17-15(18-23-13)11-4-7-16-8-5-11/h4-5,7-8,12H,2-3,6,9-10H2,1H3. The van der Waals surface area contributed by atoms with Gasteiger partial charge in [-0.1, -0.05) is 5.16 Å². The van der Waals surface area contributed by atoms with Crippen LogP contribution in [0.3, 0.4) is 0 Å². The van der Waals surface area contributed by atoms with E-state index in [2.05, 4.69) is 15.1 Å². The van der Waals surface area contributed by atoms with Crippen LogP contribution in [-0.4, -0.2) is 58.9 Å². The Morgan fingerprint density at radius 3 is 2.79 bits per heavy atom. The van der Waals surface area contributed by atoms with Crippen LogP contribution in [0.2, 0.25) is 0 Å². The van der Waals surface area contributed by atoms with E-state index in [1.165, 1.54) is 4.90 Å². The Morgan fingerprint density at radius 2 is 2.12 bits per heavy atom. The third-order valence-electron chi connectivity index (χ3n) is 4.11. The maximum atomic E-state index is 12.2. The first-order chi connectivity index (χ1) is 11.4. The average molecular weight is 350 g/mol. The van der Waals surface area contributed by atoms with Crippen molar-refractivity contribution in [3.63, 3.8) is 0 Å². The van der Waals surface area contributed by atoms with Gasteiger partial charge in [-0.3, -0.25) is 9.78 Å². The Kier molecular flexibility index (Phi) is 4.61. The minimum absolute atomic E-state index is 0.0436. The summed E-state index contributed by atoms with van der Waals surface area (Å²) in [6.45, 7) is 0. The molecular formula is C15H18N4O4S. The Bertz CT molecular complexity index is 819. The first-order valence-corrected chi connectivity index (χ1v) is 9.46. The number of amides is 1. The maximum absolute atomic E-state index is 12.2. The molecule has 1 atom stereocenters. The van der Waals surface area contributed by atoms with Crippen LogP contribution in [0.15, 0.2) is 29.0 Å². The number of rotatable bonds is 5. The van der Waals surface area contributed by atoms with E-state index < -0.39 is 9.84 Å². The van der Waals surface area contributed by atoms with Gasteiger partial charge >= 0.3 is 0 Å². The van der Waals surface area contributed by atoms with E-state index in [9.17, 15) is 13.2 Å². The summed E-state index contributed by atoms with van der Waals surface area (Å²) in [6, 6.07) is 3.31. The normalized spacial score (nSPS) is 19.3. The third kappa shape index (κ3) is 3.78. The topological polar surface area (TPSA) is 106 Å². The van der Waals surface area contributed by atoms with E-state index in [0.717, 1.165) is 5.56 Å². The number of aryl methyl sites for hydroxylation is 1. The molecule has 24 heavy (non-hydrogen) atoms. The molecular weight excluding hydrogens is 332 g/mol. The number of pyridine rings is 1. The van der Waals surface area contributed by atoms with Crippen molar-refractivity contribution >= 4 is 15.7 Å². The summed E-state index contributed by atoms with van der Waals surface area (Å²) in [6.07, 6.45) is 4.29. The second-order valence-electron chi connectivity index (χ2n) is 5.81. The second kappa shape index (κ2) is 6.68. The van der Waals surface area contributed by atoms with Gasteiger partial charge in [-0.05, 0) is 18.6 Å². The zero-order chi connectivity index (χ0) is 17.2. The maximum Gasteiger partial charge on any atom is 0.227 e. The molecule has 0 N–H and O–H groups in total. The minimum atomic E-state index is -3.01. The summed E-state index contributed by atoms with van der Waals surface area (Å²) in [5.41, 5.74) is 0.791. The molecule has 2 aromatic rings. The molecule has 0 bridgehead atoms. The van der Waals surface area contributed by atoms with E-state index in [1.54, 1.807) is 31.6 Å². The molecule has 0 spiro atoms. The van der Waals surface area contributed by atoms with E-state index in [4.69, 9.17) is 4.52 Å². The smallest absolute Gasteiger partial charge is 0.227 e. The van der Waals surface area contributed by atoms with Crippen LogP contribution in [0.25, 0.3) is 11.4 Å². The van der Waals surface area contributed by atoms with Crippen molar-refractivity contribution in [1.29, 1.82) is 0 Å². The lowest BCUT2D eigenvalue weighted by atomic mass is 10.2. The highest BCUT2D eigenvalue weighted by molar-refractivity contribution is 7.91. The monoisotopic (exact) mass is 350 g/mol. The number of carbonyl (C=O) groups excluding carboxylic acids is 1. The zero-order valence-electron chi connectivity index (χ0n) is 13.3. The fourth-order valence-electron chi connectivity index (χ4n) is 2.65. The lowest BCUT2D eigenvalue weighted by Crippen LogP contribution is -2.37. The molecule has 8 nitrogen and oxygen atoms in total. The summed E-state index contributed by atoms with van der Waals surface area (Å²) in [5.74, 6) is 0.898. The predicted molar refractivity (Wildman–Crippen MR) is 85.7 cm³/mol. The Morgan fingerprint density at radius 1 is 1.38 bits per heavy atom. The number of hydrogen-bond acceptors (Lipinski definition) is 7. The fourth-order valence-corrected chi connectivity index (χ4v) is 4.42. The third-order valence-corrected chi connectivity index (χ3v) is 5.86. The molecule has 1 amide bonds. The van der Waals surface area contributed by atoms with Crippen molar-refractivity contribution in [3.8, 4) is 11.4 Å². The van der Waals surface area contributed by atoms with E-state index in [-0.39, 0.29) is 29.9 Å². The van der Waals surface area contributed by atoms with Crippen LogP contribution >= 0.6 is 0 Å². The fraction of sp³-hybridized carbons (Fsp3) is 0.467. The Labute approximate surface area is 139 Å². The van der Waals surface area contributed by atoms with Gasteiger partial charge in [0.05, 0.1) is 11.5 Å². The Hall–Kier alpha value is -2.29. The van der Waals surface area contributed by atoms with Gasteiger partial charge in [0, 0.05) is 43.9 Å². The van der Waals surface area contributed by atoms with Crippen LogP contribution in [0.5, 0.6) is 0 Å². The Balaban J connectivity index is 1.56. The van der Waals surface area contributed by atoms with Gasteiger partial charge in [-0.25, -0.2) is 8.42 Å². The van der Waals surface area contributed by atoms with E-state index in [1.807, 2.05) is 0 Å². The number of hydrogen-bond donors (Lipinski definition) is 0. The van der Waals surface area contributed by atoms with E-state index in [0.29, 0.717) is 24.6 Å². The van der Waals surface area contributed by atoms with Crippen molar-refractivity contribution in [1.82, 2.24) is 20.0 Å². The van der Waals surface area contributed by atoms with Crippen LogP contribution in [0.1, 0.15) is 18.7 Å². The number of nitrogens with zero attached hydrogens (tertiary/aromatic N) is 4. The SMILES string of the molecule is CN(C(=O)CCc1nc(-c2ccncc2)no1)C1CCS(=O)(=O)C1. The first-order valence-electron chi connectivity index (χ1n) is 7.64. The molecule has 0 saturated carbocycles. The van der Waals surface area contributed by atoms with Gasteiger partial charge in [0.1, 0.15) is 0 Å². The molecule has 9 heteroatoms. The van der Waals surface area contributed by atoms with Crippen molar-refractivity contribution in [2.45, 2.75) is 25.3 Å². The van der Waals surface area contributed by atoms with E-state index >= 15 is 0 Å². The van der Waals surface area contributed by atoms with Crippen LogP contribution in [-0.2, 0) is 21.1 Å². The average Bonchev–Trinajstić information content (AvgIpc) is 3.19. The lowest BCUT2D eigenvalue weighted by Gasteiger charge is -2.23. The minimum Gasteiger partial charge on any atom is -0.342 e. The van der Waals surface area contributed by atoms with Crippen molar-refractivity contribution in [2.75, 3.05) is 18.6 Å². The number of carbonyl (C=O) groups is 1. The van der Waals surface area contributed by atoms with Crippen LogP contribution < -0.4 is 0 Å². The van der Waals surface area contributed by atoms with Gasteiger partial charge in [-0.15, -0.1) is 0 Å². The predicted octanol–water partition coefficient (Wildman–Crippen LogP) is 0.710. The molecule has 3 rings (SSSR count). The van der Waals surface area contributed by atoms with Gasteiger partial charge in [-0.2, -0.15) is 4.98 Å². The summed E-state index contributed by atoms with van der Waals surface area (Å²) in [5, 5.41) is 3.89. The van der Waals surface area contributed by atoms with Crippen LogP contribution in [0.4, 0.5) is 0 Å². The first kappa shape index (κ1) is 16.6. The molecule has 128 valence electrons. The lowest BCUT2D eigenvalue weighted by molar-refractivity contribution is -0.131. The quantitative estimate of drug-likeness (QED) is 0.781. The summed E-state index contributed by atoms with van der Waals surface area (Å²) in [7, 11) is -1.37. The van der Waals surface area contributed by atoms with Crippen molar-refractivity contribution < 1.29 is 17.7 Å².